The summed E-state index contributed by atoms with van der Waals surface area (Å²) in [5.41, 5.74) is 5.03. The fraction of sp³-hybridized carbons (Fsp3) is 0.400. The molecule has 2 amide bonds. The molecule has 0 aliphatic carbocycles. The van der Waals surface area contributed by atoms with Gasteiger partial charge in [-0.2, -0.15) is 0 Å². The summed E-state index contributed by atoms with van der Waals surface area (Å²) in [4.78, 5) is 35.0. The minimum Gasteiger partial charge on any atom is -0.466 e. The van der Waals surface area contributed by atoms with Gasteiger partial charge >= 0.3 is 5.97 Å². The summed E-state index contributed by atoms with van der Waals surface area (Å²) >= 11 is 0. The molecule has 1 rings (SSSR count). The second kappa shape index (κ2) is 8.11. The minimum absolute atomic E-state index is 0.0195. The van der Waals surface area contributed by atoms with Crippen molar-refractivity contribution in [2.75, 3.05) is 6.61 Å². The first-order chi connectivity index (χ1) is 10.4. The predicted octanol–water partition coefficient (Wildman–Crippen LogP) is 0.999. The molecular weight excluding hydrogens is 291 g/mol. The molecule has 0 bridgehead atoms. The number of hydrogen-bond acceptors (Lipinski definition) is 4. The van der Waals surface area contributed by atoms with Crippen molar-refractivity contribution in [3.63, 3.8) is 0 Å². The van der Waals surface area contributed by atoms with E-state index in [1.807, 2.05) is 0 Å². The van der Waals surface area contributed by atoms with Crippen molar-refractivity contribution in [1.29, 1.82) is 0 Å². The monoisotopic (exact) mass is 310 g/mol. The van der Waals surface area contributed by atoms with Crippen LogP contribution in [0.15, 0.2) is 24.3 Å². The van der Waals surface area contributed by atoms with Gasteiger partial charge in [-0.1, -0.05) is 19.1 Å². The van der Waals surface area contributed by atoms with Crippen molar-refractivity contribution in [3.05, 3.63) is 35.6 Å². The van der Waals surface area contributed by atoms with E-state index in [0.29, 0.717) is 0 Å². The van der Waals surface area contributed by atoms with E-state index in [4.69, 9.17) is 10.5 Å². The normalized spacial score (nSPS) is 13.0. The Hall–Kier alpha value is -2.44. The van der Waals surface area contributed by atoms with Crippen molar-refractivity contribution in [2.24, 2.45) is 11.7 Å². The minimum atomic E-state index is -1.09. The fourth-order valence-electron chi connectivity index (χ4n) is 1.86. The molecule has 0 unspecified atom stereocenters. The van der Waals surface area contributed by atoms with Gasteiger partial charge in [0.15, 0.2) is 0 Å². The lowest BCUT2D eigenvalue weighted by Gasteiger charge is -2.19. The zero-order valence-electron chi connectivity index (χ0n) is 12.5. The summed E-state index contributed by atoms with van der Waals surface area (Å²) in [7, 11) is 0. The second-order valence-corrected chi connectivity index (χ2v) is 4.80. The average molecular weight is 310 g/mol. The lowest BCUT2D eigenvalue weighted by atomic mass is 10.0. The van der Waals surface area contributed by atoms with Crippen molar-refractivity contribution in [3.8, 4) is 0 Å². The standard InChI is InChI=1S/C15H19FN2O4/c1-3-22-15(21)9(2)8-12(13(17)19)18-14(20)10-6-4-5-7-11(10)16/h4-7,9,12H,3,8H2,1-2H3,(H2,17,19)(H,18,20)/t9-,12+/m1/s1. The van der Waals surface area contributed by atoms with E-state index in [1.165, 1.54) is 18.2 Å². The van der Waals surface area contributed by atoms with Crippen molar-refractivity contribution in [2.45, 2.75) is 26.3 Å². The first-order valence-corrected chi connectivity index (χ1v) is 6.88. The highest BCUT2D eigenvalue weighted by molar-refractivity contribution is 5.97. The molecule has 0 saturated heterocycles. The Balaban J connectivity index is 2.77. The number of carbonyl (C=O) groups is 3. The maximum absolute atomic E-state index is 13.5. The van der Waals surface area contributed by atoms with Crippen LogP contribution in [-0.2, 0) is 14.3 Å². The number of esters is 1. The molecule has 0 fully saturated rings. The lowest BCUT2D eigenvalue weighted by Crippen LogP contribution is -2.46. The quantitative estimate of drug-likeness (QED) is 0.734. The first-order valence-electron chi connectivity index (χ1n) is 6.88. The van der Waals surface area contributed by atoms with Gasteiger partial charge in [0.2, 0.25) is 5.91 Å². The zero-order chi connectivity index (χ0) is 16.7. The van der Waals surface area contributed by atoms with Crippen molar-refractivity contribution >= 4 is 17.8 Å². The fourth-order valence-corrected chi connectivity index (χ4v) is 1.86. The number of carbonyl (C=O) groups excluding carboxylic acids is 3. The molecule has 0 aromatic heterocycles. The van der Waals surface area contributed by atoms with Crippen LogP contribution in [0.2, 0.25) is 0 Å². The van der Waals surface area contributed by atoms with E-state index in [9.17, 15) is 18.8 Å². The van der Waals surface area contributed by atoms with Gasteiger partial charge in [0.05, 0.1) is 18.1 Å². The van der Waals surface area contributed by atoms with Crippen LogP contribution in [0, 0.1) is 11.7 Å². The Morgan fingerprint density at radius 2 is 1.95 bits per heavy atom. The number of benzene rings is 1. The molecule has 0 heterocycles. The van der Waals surface area contributed by atoms with Crippen LogP contribution in [-0.4, -0.2) is 30.4 Å². The smallest absolute Gasteiger partial charge is 0.308 e. The average Bonchev–Trinajstić information content (AvgIpc) is 2.46. The summed E-state index contributed by atoms with van der Waals surface area (Å²) in [6, 6.07) is 4.28. The Morgan fingerprint density at radius 3 is 2.50 bits per heavy atom. The van der Waals surface area contributed by atoms with Crippen molar-refractivity contribution in [1.82, 2.24) is 5.32 Å². The Kier molecular flexibility index (Phi) is 6.49. The maximum atomic E-state index is 13.5. The molecule has 1 aromatic rings. The number of halogens is 1. The molecule has 120 valence electrons. The third-order valence-corrected chi connectivity index (χ3v) is 3.05. The van der Waals surface area contributed by atoms with E-state index in [-0.39, 0.29) is 18.6 Å². The Labute approximate surface area is 127 Å². The van der Waals surface area contributed by atoms with Gasteiger partial charge in [0.1, 0.15) is 11.9 Å². The van der Waals surface area contributed by atoms with Crippen molar-refractivity contribution < 1.29 is 23.5 Å². The van der Waals surface area contributed by atoms with Crippen LogP contribution < -0.4 is 11.1 Å². The van der Waals surface area contributed by atoms with Crippen LogP contribution in [0.4, 0.5) is 4.39 Å². The summed E-state index contributed by atoms with van der Waals surface area (Å²) in [6.45, 7) is 3.44. The number of nitrogens with one attached hydrogen (secondary N) is 1. The van der Waals surface area contributed by atoms with Crippen LogP contribution in [0.5, 0.6) is 0 Å². The highest BCUT2D eigenvalue weighted by Gasteiger charge is 2.26. The number of primary amides is 1. The van der Waals surface area contributed by atoms with Crippen LogP contribution in [0.1, 0.15) is 30.6 Å². The third-order valence-electron chi connectivity index (χ3n) is 3.05. The molecule has 0 radical (unpaired) electrons. The molecule has 0 aliphatic heterocycles. The van der Waals surface area contributed by atoms with E-state index in [2.05, 4.69) is 5.32 Å². The number of nitrogens with two attached hydrogens (primary N) is 1. The third kappa shape index (κ3) is 4.83. The predicted molar refractivity (Wildman–Crippen MR) is 77.3 cm³/mol. The van der Waals surface area contributed by atoms with E-state index >= 15 is 0 Å². The highest BCUT2D eigenvalue weighted by Crippen LogP contribution is 2.11. The van der Waals surface area contributed by atoms with Gasteiger partial charge in [-0.15, -0.1) is 0 Å². The van der Waals surface area contributed by atoms with Gasteiger partial charge in [0, 0.05) is 0 Å². The van der Waals surface area contributed by atoms with Gasteiger partial charge in [-0.3, -0.25) is 14.4 Å². The Morgan fingerprint density at radius 1 is 1.32 bits per heavy atom. The van der Waals surface area contributed by atoms with Gasteiger partial charge in [-0.05, 0) is 25.5 Å². The topological polar surface area (TPSA) is 98.5 Å². The van der Waals surface area contributed by atoms with E-state index in [1.54, 1.807) is 13.8 Å². The van der Waals surface area contributed by atoms with Gasteiger partial charge in [0.25, 0.3) is 5.91 Å². The summed E-state index contributed by atoms with van der Waals surface area (Å²) in [6.07, 6.45) is -0.0195. The van der Waals surface area contributed by atoms with Crippen LogP contribution >= 0.6 is 0 Å². The SMILES string of the molecule is CCOC(=O)[C@H](C)C[C@H](NC(=O)c1ccccc1F)C(N)=O. The Bertz CT molecular complexity index is 562. The number of ether oxygens (including phenoxy) is 1. The first kappa shape index (κ1) is 17.6. The van der Waals surface area contributed by atoms with E-state index < -0.39 is 35.6 Å². The largest absolute Gasteiger partial charge is 0.466 e. The molecule has 6 nitrogen and oxygen atoms in total. The van der Waals surface area contributed by atoms with Gasteiger partial charge in [-0.25, -0.2) is 4.39 Å². The molecular formula is C15H19FN2O4. The lowest BCUT2D eigenvalue weighted by molar-refractivity contribution is -0.147. The molecule has 7 heteroatoms. The number of hydrogen-bond donors (Lipinski definition) is 2. The van der Waals surface area contributed by atoms with Crippen LogP contribution in [0.25, 0.3) is 0 Å². The molecule has 3 N–H and O–H groups in total. The van der Waals surface area contributed by atoms with Crippen LogP contribution in [0.3, 0.4) is 0 Å². The summed E-state index contributed by atoms with van der Waals surface area (Å²) in [5, 5.41) is 2.34. The second-order valence-electron chi connectivity index (χ2n) is 4.80. The highest BCUT2D eigenvalue weighted by atomic mass is 19.1. The number of rotatable bonds is 7. The van der Waals surface area contributed by atoms with E-state index in [0.717, 1.165) is 6.07 Å². The number of amides is 2. The molecule has 22 heavy (non-hydrogen) atoms. The summed E-state index contributed by atoms with van der Waals surface area (Å²) in [5.74, 6) is -3.40. The zero-order valence-corrected chi connectivity index (χ0v) is 12.5. The maximum Gasteiger partial charge on any atom is 0.308 e. The molecule has 0 aliphatic rings. The van der Waals surface area contributed by atoms with Gasteiger partial charge < -0.3 is 15.8 Å². The molecule has 2 atom stereocenters. The molecule has 1 aromatic carbocycles. The summed E-state index contributed by atoms with van der Waals surface area (Å²) < 4.78 is 18.4. The molecule has 0 spiro atoms. The molecule has 0 saturated carbocycles.